The minimum Gasteiger partial charge on any atom is -0.376 e. The highest BCUT2D eigenvalue weighted by Crippen LogP contribution is 2.41. The number of rotatable bonds is 5. The van der Waals surface area contributed by atoms with Gasteiger partial charge >= 0.3 is 0 Å². The second kappa shape index (κ2) is 4.82. The van der Waals surface area contributed by atoms with Gasteiger partial charge in [0.15, 0.2) is 0 Å². The molecule has 0 aromatic rings. The summed E-state index contributed by atoms with van der Waals surface area (Å²) in [6.45, 7) is 8.95. The maximum Gasteiger partial charge on any atom is 0.145 e. The van der Waals surface area contributed by atoms with E-state index in [-0.39, 0.29) is 24.4 Å². The largest absolute Gasteiger partial charge is 0.376 e. The molecule has 2 fully saturated rings. The standard InChI is InChI=1S/C12H23NO4/c1-7(2)14-5-12-6-15-9(11(13)17-12)10(12)16-8(3)4/h7-11H,5-6,13H2,1-4H3/t9?,10?,11-,12+/m1/s1. The van der Waals surface area contributed by atoms with E-state index >= 15 is 0 Å². The molecule has 2 aliphatic rings. The predicted molar refractivity (Wildman–Crippen MR) is 62.6 cm³/mol. The zero-order chi connectivity index (χ0) is 12.6. The van der Waals surface area contributed by atoms with Gasteiger partial charge in [-0.25, -0.2) is 0 Å². The summed E-state index contributed by atoms with van der Waals surface area (Å²) in [5, 5.41) is 0. The van der Waals surface area contributed by atoms with Crippen LogP contribution in [0.1, 0.15) is 27.7 Å². The Labute approximate surface area is 103 Å². The van der Waals surface area contributed by atoms with Crippen molar-refractivity contribution in [3.63, 3.8) is 0 Å². The summed E-state index contributed by atoms with van der Waals surface area (Å²) in [5.74, 6) is 0. The lowest BCUT2D eigenvalue weighted by atomic mass is 10.00. The first-order chi connectivity index (χ1) is 7.94. The van der Waals surface area contributed by atoms with E-state index in [9.17, 15) is 0 Å². The van der Waals surface area contributed by atoms with Crippen molar-refractivity contribution in [1.29, 1.82) is 0 Å². The number of hydrogen-bond donors (Lipinski definition) is 1. The summed E-state index contributed by atoms with van der Waals surface area (Å²) in [4.78, 5) is 0. The van der Waals surface area contributed by atoms with Crippen molar-refractivity contribution in [3.8, 4) is 0 Å². The van der Waals surface area contributed by atoms with Gasteiger partial charge in [-0.1, -0.05) is 0 Å². The Kier molecular flexibility index (Phi) is 3.75. The highest BCUT2D eigenvalue weighted by molar-refractivity contribution is 5.08. The lowest BCUT2D eigenvalue weighted by Crippen LogP contribution is -2.48. The zero-order valence-electron chi connectivity index (χ0n) is 11.0. The van der Waals surface area contributed by atoms with Gasteiger partial charge in [0.25, 0.3) is 0 Å². The minimum absolute atomic E-state index is 0.122. The highest BCUT2D eigenvalue weighted by Gasteiger charge is 2.61. The van der Waals surface area contributed by atoms with Crippen molar-refractivity contribution in [2.45, 2.75) is 63.9 Å². The van der Waals surface area contributed by atoms with Crippen LogP contribution in [0.15, 0.2) is 0 Å². The van der Waals surface area contributed by atoms with E-state index < -0.39 is 11.8 Å². The lowest BCUT2D eigenvalue weighted by Gasteiger charge is -2.31. The molecule has 2 bridgehead atoms. The van der Waals surface area contributed by atoms with Gasteiger partial charge in [-0.3, -0.25) is 0 Å². The van der Waals surface area contributed by atoms with Gasteiger partial charge in [-0.2, -0.15) is 0 Å². The molecule has 0 amide bonds. The van der Waals surface area contributed by atoms with Crippen LogP contribution < -0.4 is 5.73 Å². The van der Waals surface area contributed by atoms with Crippen LogP contribution in [0.4, 0.5) is 0 Å². The SMILES string of the molecule is CC(C)OC[C@]12COC(C1OC(C)C)[C@H](N)O2. The Morgan fingerprint density at radius 1 is 1.29 bits per heavy atom. The molecule has 0 aromatic carbocycles. The van der Waals surface area contributed by atoms with Crippen molar-refractivity contribution in [1.82, 2.24) is 0 Å². The Hall–Kier alpha value is -0.200. The molecule has 0 radical (unpaired) electrons. The summed E-state index contributed by atoms with van der Waals surface area (Å²) >= 11 is 0. The second-order valence-electron chi connectivity index (χ2n) is 5.39. The Morgan fingerprint density at radius 2 is 2.00 bits per heavy atom. The van der Waals surface area contributed by atoms with Crippen LogP contribution in [-0.4, -0.2) is 49.5 Å². The van der Waals surface area contributed by atoms with Gasteiger partial charge in [-0.05, 0) is 27.7 Å². The van der Waals surface area contributed by atoms with Crippen LogP contribution in [-0.2, 0) is 18.9 Å². The minimum atomic E-state index is -0.529. The van der Waals surface area contributed by atoms with Crippen LogP contribution in [0.25, 0.3) is 0 Å². The van der Waals surface area contributed by atoms with Gasteiger partial charge in [0.1, 0.15) is 24.0 Å². The monoisotopic (exact) mass is 245 g/mol. The molecule has 2 N–H and O–H groups in total. The van der Waals surface area contributed by atoms with Gasteiger partial charge in [0.05, 0.1) is 25.4 Å². The van der Waals surface area contributed by atoms with E-state index in [4.69, 9.17) is 24.7 Å². The zero-order valence-corrected chi connectivity index (χ0v) is 11.0. The Morgan fingerprint density at radius 3 is 2.53 bits per heavy atom. The molecule has 2 saturated heterocycles. The molecule has 100 valence electrons. The van der Waals surface area contributed by atoms with Crippen molar-refractivity contribution >= 4 is 0 Å². The molecule has 2 unspecified atom stereocenters. The van der Waals surface area contributed by atoms with Crippen LogP contribution in [0.3, 0.4) is 0 Å². The first kappa shape index (κ1) is 13.2. The predicted octanol–water partition coefficient (Wildman–Crippen LogP) is 0.658. The third-order valence-electron chi connectivity index (χ3n) is 3.11. The smallest absolute Gasteiger partial charge is 0.145 e. The van der Waals surface area contributed by atoms with E-state index in [0.717, 1.165) is 0 Å². The molecule has 5 nitrogen and oxygen atoms in total. The fourth-order valence-corrected chi connectivity index (χ4v) is 2.37. The Balaban J connectivity index is 2.07. The maximum atomic E-state index is 5.89. The lowest BCUT2D eigenvalue weighted by molar-refractivity contribution is -0.177. The van der Waals surface area contributed by atoms with Crippen LogP contribution in [0.2, 0.25) is 0 Å². The van der Waals surface area contributed by atoms with E-state index in [0.29, 0.717) is 13.2 Å². The van der Waals surface area contributed by atoms with Crippen molar-refractivity contribution in [3.05, 3.63) is 0 Å². The Bertz CT molecular complexity index is 271. The van der Waals surface area contributed by atoms with Crippen molar-refractivity contribution < 1.29 is 18.9 Å². The fraction of sp³-hybridized carbons (Fsp3) is 1.00. The van der Waals surface area contributed by atoms with Crippen LogP contribution >= 0.6 is 0 Å². The number of ether oxygens (including phenoxy) is 4. The molecule has 17 heavy (non-hydrogen) atoms. The second-order valence-corrected chi connectivity index (χ2v) is 5.39. The van der Waals surface area contributed by atoms with E-state index in [1.165, 1.54) is 0 Å². The first-order valence-electron chi connectivity index (χ1n) is 6.27. The van der Waals surface area contributed by atoms with Crippen molar-refractivity contribution in [2.24, 2.45) is 5.73 Å². The topological polar surface area (TPSA) is 62.9 Å². The van der Waals surface area contributed by atoms with Gasteiger partial charge in [0, 0.05) is 0 Å². The molecular weight excluding hydrogens is 222 g/mol. The normalized spacial score (nSPS) is 40.8. The van der Waals surface area contributed by atoms with Gasteiger partial charge < -0.3 is 24.7 Å². The molecule has 0 aliphatic carbocycles. The molecule has 2 rings (SSSR count). The molecule has 4 atom stereocenters. The molecule has 2 aliphatic heterocycles. The van der Waals surface area contributed by atoms with E-state index in [1.54, 1.807) is 0 Å². The summed E-state index contributed by atoms with van der Waals surface area (Å²) in [6, 6.07) is 0. The molecular formula is C12H23NO4. The molecule has 2 heterocycles. The highest BCUT2D eigenvalue weighted by atomic mass is 16.7. The van der Waals surface area contributed by atoms with E-state index in [1.807, 2.05) is 27.7 Å². The van der Waals surface area contributed by atoms with Crippen LogP contribution in [0.5, 0.6) is 0 Å². The average Bonchev–Trinajstić information content (AvgIpc) is 2.67. The number of fused-ring (bicyclic) bond motifs is 2. The molecule has 0 spiro atoms. The molecule has 0 saturated carbocycles. The third kappa shape index (κ3) is 2.48. The quantitative estimate of drug-likeness (QED) is 0.771. The summed E-state index contributed by atoms with van der Waals surface area (Å²) in [6.07, 6.45) is -0.437. The van der Waals surface area contributed by atoms with Crippen LogP contribution in [0, 0.1) is 0 Å². The maximum absolute atomic E-state index is 5.89. The fourth-order valence-electron chi connectivity index (χ4n) is 2.37. The van der Waals surface area contributed by atoms with Crippen molar-refractivity contribution in [2.75, 3.05) is 13.2 Å². The number of hydrogen-bond acceptors (Lipinski definition) is 5. The van der Waals surface area contributed by atoms with E-state index in [2.05, 4.69) is 0 Å². The molecule has 0 aromatic heterocycles. The molecule has 5 heteroatoms. The summed E-state index contributed by atoms with van der Waals surface area (Å²) in [7, 11) is 0. The summed E-state index contributed by atoms with van der Waals surface area (Å²) in [5.41, 5.74) is 5.37. The third-order valence-corrected chi connectivity index (χ3v) is 3.11. The summed E-state index contributed by atoms with van der Waals surface area (Å²) < 4.78 is 23.0. The average molecular weight is 245 g/mol. The number of nitrogens with two attached hydrogens (primary N) is 1. The van der Waals surface area contributed by atoms with Gasteiger partial charge in [0.2, 0.25) is 0 Å². The first-order valence-corrected chi connectivity index (χ1v) is 6.27. The van der Waals surface area contributed by atoms with Gasteiger partial charge in [-0.15, -0.1) is 0 Å².